The average Bonchev–Trinajstić information content (AvgIpc) is 2.38. The van der Waals surface area contributed by atoms with Crippen molar-refractivity contribution < 1.29 is 15.0 Å². The number of benzene rings is 2. The van der Waals surface area contributed by atoms with Gasteiger partial charge in [0, 0.05) is 11.3 Å². The second-order valence-corrected chi connectivity index (χ2v) is 4.41. The Kier molecular flexibility index (Phi) is 3.42. The molecule has 0 fully saturated rings. The van der Waals surface area contributed by atoms with Crippen LogP contribution in [0.5, 0.6) is 11.5 Å². The number of nitrogens with one attached hydrogen (secondary N) is 1. The molecule has 2 rings (SSSR count). The zero-order valence-electron chi connectivity index (χ0n) is 10.8. The highest BCUT2D eigenvalue weighted by Gasteiger charge is 2.10. The van der Waals surface area contributed by atoms with E-state index in [-0.39, 0.29) is 23.0 Å². The first-order valence-electron chi connectivity index (χ1n) is 5.88. The van der Waals surface area contributed by atoms with Crippen molar-refractivity contribution in [2.45, 2.75) is 13.8 Å². The number of phenolic OH excluding ortho intramolecular Hbond substituents is 2. The Morgan fingerprint density at radius 3 is 2.47 bits per heavy atom. The fourth-order valence-electron chi connectivity index (χ4n) is 1.75. The molecule has 0 atom stereocenters. The topological polar surface area (TPSA) is 69.6 Å². The molecule has 0 aliphatic heterocycles. The maximum absolute atomic E-state index is 12.0. The van der Waals surface area contributed by atoms with Gasteiger partial charge < -0.3 is 15.5 Å². The number of phenols is 2. The molecule has 0 radical (unpaired) electrons. The lowest BCUT2D eigenvalue weighted by Gasteiger charge is -2.10. The summed E-state index contributed by atoms with van der Waals surface area (Å²) in [5.41, 5.74) is 3.11. The van der Waals surface area contributed by atoms with Gasteiger partial charge in [0.15, 0.2) is 11.5 Å². The first-order chi connectivity index (χ1) is 8.99. The van der Waals surface area contributed by atoms with Crippen molar-refractivity contribution in [3.63, 3.8) is 0 Å². The molecule has 0 aromatic heterocycles. The first-order valence-corrected chi connectivity index (χ1v) is 5.88. The molecular formula is C15H15NO3. The second-order valence-electron chi connectivity index (χ2n) is 4.41. The van der Waals surface area contributed by atoms with Crippen molar-refractivity contribution in [1.29, 1.82) is 0 Å². The molecule has 2 aromatic carbocycles. The number of hydrogen-bond donors (Lipinski definition) is 3. The molecule has 0 spiro atoms. The highest BCUT2D eigenvalue weighted by Crippen LogP contribution is 2.26. The number of carbonyl (C=O) groups excluding carboxylic acids is 1. The average molecular weight is 257 g/mol. The van der Waals surface area contributed by atoms with Crippen LogP contribution in [0.3, 0.4) is 0 Å². The van der Waals surface area contributed by atoms with Crippen LogP contribution >= 0.6 is 0 Å². The zero-order chi connectivity index (χ0) is 14.0. The van der Waals surface area contributed by atoms with Crippen LogP contribution in [0.15, 0.2) is 36.4 Å². The van der Waals surface area contributed by atoms with Crippen LogP contribution < -0.4 is 5.32 Å². The Morgan fingerprint density at radius 2 is 1.79 bits per heavy atom. The van der Waals surface area contributed by atoms with E-state index in [1.807, 2.05) is 32.0 Å². The molecule has 3 N–H and O–H groups in total. The van der Waals surface area contributed by atoms with Gasteiger partial charge in [-0.1, -0.05) is 12.1 Å². The zero-order valence-corrected chi connectivity index (χ0v) is 10.8. The Hall–Kier alpha value is -2.49. The summed E-state index contributed by atoms with van der Waals surface area (Å²) in [6, 6.07) is 9.63. The Balaban J connectivity index is 2.26. The predicted molar refractivity (Wildman–Crippen MR) is 73.6 cm³/mol. The first kappa shape index (κ1) is 13.0. The third kappa shape index (κ3) is 2.68. The van der Waals surface area contributed by atoms with Crippen LogP contribution in [0.25, 0.3) is 0 Å². The molecule has 2 aromatic rings. The molecule has 0 heterocycles. The number of rotatable bonds is 2. The SMILES string of the molecule is Cc1cccc(NC(=O)c2ccc(O)c(O)c2)c1C. The molecule has 0 aliphatic rings. The molecule has 0 saturated carbocycles. The normalized spacial score (nSPS) is 10.2. The van der Waals surface area contributed by atoms with Crippen LogP contribution in [-0.4, -0.2) is 16.1 Å². The van der Waals surface area contributed by atoms with E-state index in [4.69, 9.17) is 0 Å². The lowest BCUT2D eigenvalue weighted by Crippen LogP contribution is -2.12. The van der Waals surface area contributed by atoms with Gasteiger partial charge in [-0.3, -0.25) is 4.79 Å². The van der Waals surface area contributed by atoms with Gasteiger partial charge in [-0.2, -0.15) is 0 Å². The number of aryl methyl sites for hydroxylation is 1. The molecule has 0 unspecified atom stereocenters. The molecular weight excluding hydrogens is 242 g/mol. The molecule has 98 valence electrons. The fraction of sp³-hybridized carbons (Fsp3) is 0.133. The number of aromatic hydroxyl groups is 2. The van der Waals surface area contributed by atoms with Gasteiger partial charge in [0.05, 0.1) is 0 Å². The molecule has 1 amide bonds. The van der Waals surface area contributed by atoms with Gasteiger partial charge in [0.1, 0.15) is 0 Å². The van der Waals surface area contributed by atoms with E-state index in [1.165, 1.54) is 18.2 Å². The molecule has 4 nitrogen and oxygen atoms in total. The maximum Gasteiger partial charge on any atom is 0.255 e. The summed E-state index contributed by atoms with van der Waals surface area (Å²) in [6.45, 7) is 3.90. The van der Waals surface area contributed by atoms with Crippen LogP contribution in [0.2, 0.25) is 0 Å². The summed E-state index contributed by atoms with van der Waals surface area (Å²) < 4.78 is 0. The van der Waals surface area contributed by atoms with Crippen LogP contribution in [-0.2, 0) is 0 Å². The smallest absolute Gasteiger partial charge is 0.255 e. The van der Waals surface area contributed by atoms with Gasteiger partial charge in [-0.15, -0.1) is 0 Å². The number of hydrogen-bond acceptors (Lipinski definition) is 3. The molecule has 0 bridgehead atoms. The summed E-state index contributed by atoms with van der Waals surface area (Å²) in [6.07, 6.45) is 0. The Bertz CT molecular complexity index is 635. The van der Waals surface area contributed by atoms with E-state index >= 15 is 0 Å². The van der Waals surface area contributed by atoms with Crippen molar-refractivity contribution in [3.05, 3.63) is 53.1 Å². The van der Waals surface area contributed by atoms with Crippen molar-refractivity contribution in [2.75, 3.05) is 5.32 Å². The lowest BCUT2D eigenvalue weighted by molar-refractivity contribution is 0.102. The highest BCUT2D eigenvalue weighted by molar-refractivity contribution is 6.05. The monoisotopic (exact) mass is 257 g/mol. The largest absolute Gasteiger partial charge is 0.504 e. The van der Waals surface area contributed by atoms with Crippen molar-refractivity contribution in [2.24, 2.45) is 0 Å². The standard InChI is InChI=1S/C15H15NO3/c1-9-4-3-5-12(10(9)2)16-15(19)11-6-7-13(17)14(18)8-11/h3-8,17-18H,1-2H3,(H,16,19). The molecule has 19 heavy (non-hydrogen) atoms. The van der Waals surface area contributed by atoms with Gasteiger partial charge in [0.2, 0.25) is 0 Å². The summed E-state index contributed by atoms with van der Waals surface area (Å²) in [7, 11) is 0. The third-order valence-corrected chi connectivity index (χ3v) is 3.09. The van der Waals surface area contributed by atoms with Gasteiger partial charge in [-0.25, -0.2) is 0 Å². The van der Waals surface area contributed by atoms with Gasteiger partial charge >= 0.3 is 0 Å². The molecule has 0 saturated heterocycles. The number of anilines is 1. The van der Waals surface area contributed by atoms with Crippen LogP contribution in [0.4, 0.5) is 5.69 Å². The highest BCUT2D eigenvalue weighted by atomic mass is 16.3. The lowest BCUT2D eigenvalue weighted by atomic mass is 10.1. The quantitative estimate of drug-likeness (QED) is 0.724. The van der Waals surface area contributed by atoms with Gasteiger partial charge in [-0.05, 0) is 49.2 Å². The summed E-state index contributed by atoms with van der Waals surface area (Å²) in [5.74, 6) is -0.888. The second kappa shape index (κ2) is 5.02. The minimum Gasteiger partial charge on any atom is -0.504 e. The van der Waals surface area contributed by atoms with Crippen LogP contribution in [0, 0.1) is 13.8 Å². The fourth-order valence-corrected chi connectivity index (χ4v) is 1.75. The predicted octanol–water partition coefficient (Wildman–Crippen LogP) is 2.97. The van der Waals surface area contributed by atoms with Crippen molar-refractivity contribution >= 4 is 11.6 Å². The van der Waals surface area contributed by atoms with Crippen molar-refractivity contribution in [1.82, 2.24) is 0 Å². The Morgan fingerprint density at radius 1 is 1.05 bits per heavy atom. The minimum absolute atomic E-state index is 0.247. The summed E-state index contributed by atoms with van der Waals surface area (Å²) in [5, 5.41) is 21.4. The molecule has 4 heteroatoms. The minimum atomic E-state index is -0.330. The molecule has 0 aliphatic carbocycles. The maximum atomic E-state index is 12.0. The van der Waals surface area contributed by atoms with E-state index in [9.17, 15) is 15.0 Å². The summed E-state index contributed by atoms with van der Waals surface area (Å²) >= 11 is 0. The van der Waals surface area contributed by atoms with Gasteiger partial charge in [0.25, 0.3) is 5.91 Å². The third-order valence-electron chi connectivity index (χ3n) is 3.09. The van der Waals surface area contributed by atoms with E-state index < -0.39 is 0 Å². The number of amides is 1. The van der Waals surface area contributed by atoms with E-state index in [2.05, 4.69) is 5.32 Å². The summed E-state index contributed by atoms with van der Waals surface area (Å²) in [4.78, 5) is 12.0. The van der Waals surface area contributed by atoms with Crippen LogP contribution in [0.1, 0.15) is 21.5 Å². The van der Waals surface area contributed by atoms with Crippen molar-refractivity contribution in [3.8, 4) is 11.5 Å². The Labute approximate surface area is 111 Å². The number of carbonyl (C=O) groups is 1. The van der Waals surface area contributed by atoms with E-state index in [0.29, 0.717) is 0 Å². The van der Waals surface area contributed by atoms with E-state index in [0.717, 1.165) is 16.8 Å². The van der Waals surface area contributed by atoms with E-state index in [1.54, 1.807) is 0 Å².